The van der Waals surface area contributed by atoms with Crippen LogP contribution in [-0.2, 0) is 14.8 Å². The smallest absolute Gasteiger partial charge is 0.243 e. The molecular weight excluding hydrogens is 266 g/mol. The minimum Gasteiger partial charge on any atom is -0.398 e. The predicted octanol–water partition coefficient (Wildman–Crippen LogP) is 0.380. The molecule has 1 aromatic rings. The summed E-state index contributed by atoms with van der Waals surface area (Å²) in [6.45, 7) is 4.94. The zero-order valence-electron chi connectivity index (χ0n) is 11.2. The molecule has 1 rings (SSSR count). The lowest BCUT2D eigenvalue weighted by Gasteiger charge is -2.12. The van der Waals surface area contributed by atoms with Gasteiger partial charge in [0.05, 0.1) is 12.2 Å². The third-order valence-electron chi connectivity index (χ3n) is 2.38. The molecular formula is C12H19N3O3S. The number of benzene rings is 1. The first-order valence-corrected chi connectivity index (χ1v) is 7.36. The van der Waals surface area contributed by atoms with Crippen molar-refractivity contribution in [2.24, 2.45) is 0 Å². The maximum absolute atomic E-state index is 12.1. The molecule has 7 heteroatoms. The van der Waals surface area contributed by atoms with E-state index in [1.54, 1.807) is 32.9 Å². The number of anilines is 1. The number of rotatable bonds is 5. The first-order chi connectivity index (χ1) is 8.74. The number of carbonyl (C=O) groups is 1. The van der Waals surface area contributed by atoms with Crippen LogP contribution in [0.2, 0.25) is 0 Å². The third kappa shape index (κ3) is 4.22. The second-order valence-electron chi connectivity index (χ2n) is 4.54. The van der Waals surface area contributed by atoms with Crippen molar-refractivity contribution in [3.8, 4) is 0 Å². The Morgan fingerprint density at radius 2 is 2.00 bits per heavy atom. The van der Waals surface area contributed by atoms with Crippen LogP contribution in [0, 0.1) is 6.92 Å². The van der Waals surface area contributed by atoms with Gasteiger partial charge in [0.25, 0.3) is 0 Å². The van der Waals surface area contributed by atoms with Crippen LogP contribution in [0.25, 0.3) is 0 Å². The Kier molecular flexibility index (Phi) is 4.90. The van der Waals surface area contributed by atoms with Gasteiger partial charge in [0.1, 0.15) is 4.90 Å². The first kappa shape index (κ1) is 15.5. The Morgan fingerprint density at radius 1 is 1.37 bits per heavy atom. The molecule has 0 radical (unpaired) electrons. The second kappa shape index (κ2) is 6.03. The lowest BCUT2D eigenvalue weighted by atomic mass is 10.2. The van der Waals surface area contributed by atoms with Crippen LogP contribution in [-0.4, -0.2) is 26.9 Å². The van der Waals surface area contributed by atoms with Gasteiger partial charge in [-0.1, -0.05) is 12.1 Å². The summed E-state index contributed by atoms with van der Waals surface area (Å²) < 4.78 is 26.4. The highest BCUT2D eigenvalue weighted by Gasteiger charge is 2.20. The number of hydrogen-bond acceptors (Lipinski definition) is 4. The first-order valence-electron chi connectivity index (χ1n) is 5.88. The molecule has 0 saturated carbocycles. The molecule has 1 amide bonds. The maximum Gasteiger partial charge on any atom is 0.243 e. The van der Waals surface area contributed by atoms with Crippen molar-refractivity contribution in [1.29, 1.82) is 0 Å². The average Bonchev–Trinajstić information content (AvgIpc) is 2.25. The number of carbonyl (C=O) groups excluding carboxylic acids is 1. The van der Waals surface area contributed by atoms with E-state index in [4.69, 9.17) is 5.73 Å². The highest BCUT2D eigenvalue weighted by atomic mass is 32.2. The summed E-state index contributed by atoms with van der Waals surface area (Å²) in [6, 6.07) is 4.80. The Balaban J connectivity index is 2.85. The highest BCUT2D eigenvalue weighted by molar-refractivity contribution is 7.89. The molecule has 4 N–H and O–H groups in total. The quantitative estimate of drug-likeness (QED) is 0.681. The number of hydrogen-bond donors (Lipinski definition) is 3. The molecule has 0 aromatic heterocycles. The van der Waals surface area contributed by atoms with Crippen molar-refractivity contribution < 1.29 is 13.2 Å². The van der Waals surface area contributed by atoms with Crippen LogP contribution in [0.1, 0.15) is 19.4 Å². The molecule has 0 bridgehead atoms. The van der Waals surface area contributed by atoms with Crippen LogP contribution in [0.3, 0.4) is 0 Å². The molecule has 0 spiro atoms. The van der Waals surface area contributed by atoms with E-state index in [2.05, 4.69) is 10.0 Å². The van der Waals surface area contributed by atoms with E-state index in [9.17, 15) is 13.2 Å². The van der Waals surface area contributed by atoms with Gasteiger partial charge in [0, 0.05) is 6.04 Å². The van der Waals surface area contributed by atoms with Crippen molar-refractivity contribution in [3.63, 3.8) is 0 Å². The minimum atomic E-state index is -3.79. The van der Waals surface area contributed by atoms with E-state index in [1.165, 1.54) is 6.07 Å². The molecule has 19 heavy (non-hydrogen) atoms. The van der Waals surface area contributed by atoms with Crippen LogP contribution >= 0.6 is 0 Å². The van der Waals surface area contributed by atoms with Gasteiger partial charge >= 0.3 is 0 Å². The standard InChI is InChI=1S/C12H19N3O3S/c1-8(2)15-11(16)7-14-19(17,18)12-9(3)5-4-6-10(12)13/h4-6,8,14H,7,13H2,1-3H3,(H,15,16). The molecule has 0 unspecified atom stereocenters. The van der Waals surface area contributed by atoms with E-state index >= 15 is 0 Å². The normalized spacial score (nSPS) is 11.6. The Morgan fingerprint density at radius 3 is 2.53 bits per heavy atom. The number of nitrogen functional groups attached to an aromatic ring is 1. The Hall–Kier alpha value is -1.60. The highest BCUT2D eigenvalue weighted by Crippen LogP contribution is 2.21. The Bertz CT molecular complexity index is 547. The van der Waals surface area contributed by atoms with E-state index in [0.717, 1.165) is 0 Å². The van der Waals surface area contributed by atoms with E-state index in [-0.39, 0.29) is 29.1 Å². The molecule has 0 aliphatic rings. The fourth-order valence-corrected chi connectivity index (χ4v) is 2.98. The van der Waals surface area contributed by atoms with Gasteiger partial charge in [-0.15, -0.1) is 0 Å². The van der Waals surface area contributed by atoms with Gasteiger partial charge < -0.3 is 11.1 Å². The minimum absolute atomic E-state index is 0.0207. The van der Waals surface area contributed by atoms with Gasteiger partial charge in [-0.05, 0) is 32.4 Å². The summed E-state index contributed by atoms with van der Waals surface area (Å²) in [5.74, 6) is -0.384. The van der Waals surface area contributed by atoms with Crippen molar-refractivity contribution in [3.05, 3.63) is 23.8 Å². The van der Waals surface area contributed by atoms with Gasteiger partial charge in [-0.25, -0.2) is 13.1 Å². The van der Waals surface area contributed by atoms with Crippen LogP contribution < -0.4 is 15.8 Å². The molecule has 0 aliphatic carbocycles. The second-order valence-corrected chi connectivity index (χ2v) is 6.24. The SMILES string of the molecule is Cc1cccc(N)c1S(=O)(=O)NCC(=O)NC(C)C. The lowest BCUT2D eigenvalue weighted by Crippen LogP contribution is -2.40. The van der Waals surface area contributed by atoms with Gasteiger partial charge in [-0.3, -0.25) is 4.79 Å². The van der Waals surface area contributed by atoms with Gasteiger partial charge in [-0.2, -0.15) is 0 Å². The molecule has 1 aromatic carbocycles. The summed E-state index contributed by atoms with van der Waals surface area (Å²) >= 11 is 0. The molecule has 0 heterocycles. The fraction of sp³-hybridized carbons (Fsp3) is 0.417. The van der Waals surface area contributed by atoms with E-state index < -0.39 is 10.0 Å². The monoisotopic (exact) mass is 285 g/mol. The maximum atomic E-state index is 12.1. The number of sulfonamides is 1. The molecule has 0 aliphatic heterocycles. The van der Waals surface area contributed by atoms with E-state index in [1.807, 2.05) is 0 Å². The largest absolute Gasteiger partial charge is 0.398 e. The van der Waals surface area contributed by atoms with Crippen LogP contribution in [0.15, 0.2) is 23.1 Å². The third-order valence-corrected chi connectivity index (χ3v) is 4.00. The number of nitrogens with one attached hydrogen (secondary N) is 2. The molecule has 6 nitrogen and oxygen atoms in total. The summed E-state index contributed by atoms with van der Waals surface area (Å²) in [6.07, 6.45) is 0. The summed E-state index contributed by atoms with van der Waals surface area (Å²) in [7, 11) is -3.79. The molecule has 0 saturated heterocycles. The Labute approximate surface area is 113 Å². The number of aryl methyl sites for hydroxylation is 1. The fourth-order valence-electron chi connectivity index (χ4n) is 1.65. The van der Waals surface area contributed by atoms with Crippen molar-refractivity contribution in [2.75, 3.05) is 12.3 Å². The number of amides is 1. The van der Waals surface area contributed by atoms with Crippen LogP contribution in [0.4, 0.5) is 5.69 Å². The summed E-state index contributed by atoms with van der Waals surface area (Å²) in [5, 5.41) is 2.60. The van der Waals surface area contributed by atoms with Gasteiger partial charge in [0.2, 0.25) is 15.9 Å². The van der Waals surface area contributed by atoms with Gasteiger partial charge in [0.15, 0.2) is 0 Å². The lowest BCUT2D eigenvalue weighted by molar-refractivity contribution is -0.120. The van der Waals surface area contributed by atoms with Crippen molar-refractivity contribution in [2.45, 2.75) is 31.7 Å². The summed E-state index contributed by atoms with van der Waals surface area (Å²) in [4.78, 5) is 11.5. The van der Waals surface area contributed by atoms with E-state index in [0.29, 0.717) is 5.56 Å². The molecule has 106 valence electrons. The molecule has 0 atom stereocenters. The number of nitrogens with two attached hydrogens (primary N) is 1. The van der Waals surface area contributed by atoms with Crippen LogP contribution in [0.5, 0.6) is 0 Å². The van der Waals surface area contributed by atoms with Crippen molar-refractivity contribution in [1.82, 2.24) is 10.0 Å². The zero-order chi connectivity index (χ0) is 14.6. The topological polar surface area (TPSA) is 101 Å². The predicted molar refractivity (Wildman–Crippen MR) is 74.1 cm³/mol. The average molecular weight is 285 g/mol. The zero-order valence-corrected chi connectivity index (χ0v) is 12.0. The molecule has 0 fully saturated rings. The van der Waals surface area contributed by atoms with Crippen molar-refractivity contribution >= 4 is 21.6 Å². The summed E-state index contributed by atoms with van der Waals surface area (Å²) in [5.41, 5.74) is 6.38.